The minimum atomic E-state index is -0.278. The van der Waals surface area contributed by atoms with Gasteiger partial charge in [0.15, 0.2) is 5.82 Å². The molecule has 1 aliphatic rings. The molecule has 2 aromatic heterocycles. The third kappa shape index (κ3) is 5.11. The lowest BCUT2D eigenvalue weighted by molar-refractivity contribution is -0.125. The average Bonchev–Trinajstić information content (AvgIpc) is 3.33. The summed E-state index contributed by atoms with van der Waals surface area (Å²) in [7, 11) is 0. The molecule has 0 bridgehead atoms. The van der Waals surface area contributed by atoms with E-state index in [1.807, 2.05) is 37.3 Å². The average molecular weight is 474 g/mol. The van der Waals surface area contributed by atoms with E-state index in [-0.39, 0.29) is 17.6 Å². The number of aromatic nitrogens is 3. The molecule has 0 radical (unpaired) electrons. The van der Waals surface area contributed by atoms with Crippen LogP contribution in [-0.2, 0) is 11.3 Å². The molecule has 4 aromatic rings. The highest BCUT2D eigenvalue weighted by Crippen LogP contribution is 2.28. The number of piperidine rings is 1. The van der Waals surface area contributed by atoms with Gasteiger partial charge in [-0.1, -0.05) is 12.1 Å². The van der Waals surface area contributed by atoms with Crippen LogP contribution < -0.4 is 15.0 Å². The van der Waals surface area contributed by atoms with Gasteiger partial charge < -0.3 is 15.0 Å². The zero-order valence-corrected chi connectivity index (χ0v) is 19.7. The molecular weight excluding hydrogens is 445 g/mol. The summed E-state index contributed by atoms with van der Waals surface area (Å²) in [5.41, 5.74) is 3.49. The summed E-state index contributed by atoms with van der Waals surface area (Å²) in [6, 6.07) is 16.1. The predicted molar refractivity (Wildman–Crippen MR) is 133 cm³/mol. The molecule has 0 spiro atoms. The third-order valence-electron chi connectivity index (χ3n) is 6.30. The van der Waals surface area contributed by atoms with Gasteiger partial charge >= 0.3 is 0 Å². The number of rotatable bonds is 7. The fraction of sp³-hybridized carbons (Fsp3) is 0.296. The second-order valence-electron chi connectivity index (χ2n) is 8.70. The first-order valence-corrected chi connectivity index (χ1v) is 12.0. The molecule has 0 unspecified atom stereocenters. The molecule has 1 aliphatic heterocycles. The Morgan fingerprint density at radius 2 is 1.97 bits per heavy atom. The molecule has 1 fully saturated rings. The van der Waals surface area contributed by atoms with Gasteiger partial charge in [0.25, 0.3) is 0 Å². The number of hydrogen-bond donors (Lipinski definition) is 1. The van der Waals surface area contributed by atoms with Crippen LogP contribution in [0.2, 0.25) is 0 Å². The monoisotopic (exact) mass is 473 g/mol. The number of hydrogen-bond acceptors (Lipinski definition) is 5. The molecule has 7 nitrogen and oxygen atoms in total. The Labute approximate surface area is 203 Å². The number of nitrogens with zero attached hydrogens (tertiary/aromatic N) is 4. The number of ether oxygens (including phenoxy) is 1. The van der Waals surface area contributed by atoms with Crippen molar-refractivity contribution in [1.82, 2.24) is 19.9 Å². The third-order valence-corrected chi connectivity index (χ3v) is 6.30. The highest BCUT2D eigenvalue weighted by Gasteiger charge is 2.27. The highest BCUT2D eigenvalue weighted by atomic mass is 19.1. The van der Waals surface area contributed by atoms with Crippen LogP contribution in [0.5, 0.6) is 5.75 Å². The van der Waals surface area contributed by atoms with Crippen LogP contribution >= 0.6 is 0 Å². The molecule has 35 heavy (non-hydrogen) atoms. The Bertz CT molecular complexity index is 1300. The summed E-state index contributed by atoms with van der Waals surface area (Å²) in [6.07, 6.45) is 5.27. The number of anilines is 1. The molecule has 0 saturated carbocycles. The van der Waals surface area contributed by atoms with Crippen LogP contribution in [0.4, 0.5) is 10.2 Å². The first kappa shape index (κ1) is 22.8. The number of fused-ring (bicyclic) bond motifs is 1. The first-order valence-electron chi connectivity index (χ1n) is 12.0. The summed E-state index contributed by atoms with van der Waals surface area (Å²) >= 11 is 0. The maximum atomic E-state index is 13.3. The number of carbonyl (C=O) groups excluding carboxylic acids is 1. The van der Waals surface area contributed by atoms with Crippen molar-refractivity contribution in [2.45, 2.75) is 26.3 Å². The van der Waals surface area contributed by atoms with E-state index in [0.29, 0.717) is 19.7 Å². The van der Waals surface area contributed by atoms with Gasteiger partial charge in [0, 0.05) is 37.6 Å². The quantitative estimate of drug-likeness (QED) is 0.429. The molecule has 3 heterocycles. The van der Waals surface area contributed by atoms with E-state index in [9.17, 15) is 9.18 Å². The standard InChI is InChI=1S/C27H28FN5O2/c1-2-35-23-11-5-19(6-12-23)17-30-27(34)21-4-3-14-32(18-21)26-25-16-24(31-33(25)15-13-29-26)20-7-9-22(28)10-8-20/h5-13,15-16,21H,2-4,14,17-18H2,1H3,(H,30,34)/t21-/m1/s1. The number of carbonyl (C=O) groups is 1. The van der Waals surface area contributed by atoms with Gasteiger partial charge in [0.2, 0.25) is 5.91 Å². The van der Waals surface area contributed by atoms with Crippen LogP contribution in [0.25, 0.3) is 16.8 Å². The Kier molecular flexibility index (Phi) is 6.61. The van der Waals surface area contributed by atoms with Crippen LogP contribution in [-0.4, -0.2) is 40.2 Å². The van der Waals surface area contributed by atoms with E-state index in [1.165, 1.54) is 12.1 Å². The van der Waals surface area contributed by atoms with Crippen molar-refractivity contribution in [1.29, 1.82) is 0 Å². The number of halogens is 1. The van der Waals surface area contributed by atoms with Crippen LogP contribution in [0.3, 0.4) is 0 Å². The summed E-state index contributed by atoms with van der Waals surface area (Å²) in [5, 5.41) is 7.73. The van der Waals surface area contributed by atoms with Crippen LogP contribution in [0, 0.1) is 11.7 Å². The molecular formula is C27H28FN5O2. The van der Waals surface area contributed by atoms with Crippen molar-refractivity contribution < 1.29 is 13.9 Å². The predicted octanol–water partition coefficient (Wildman–Crippen LogP) is 4.47. The van der Waals surface area contributed by atoms with Gasteiger partial charge in [-0.25, -0.2) is 13.9 Å². The fourth-order valence-electron chi connectivity index (χ4n) is 4.50. The summed E-state index contributed by atoms with van der Waals surface area (Å²) < 4.78 is 20.6. The maximum absolute atomic E-state index is 13.3. The van der Waals surface area contributed by atoms with Crippen molar-refractivity contribution in [2.24, 2.45) is 5.92 Å². The summed E-state index contributed by atoms with van der Waals surface area (Å²) in [6.45, 7) is 4.49. The van der Waals surface area contributed by atoms with Crippen molar-refractivity contribution in [3.63, 3.8) is 0 Å². The van der Waals surface area contributed by atoms with E-state index in [0.717, 1.165) is 53.3 Å². The lowest BCUT2D eigenvalue weighted by Crippen LogP contribution is -2.43. The van der Waals surface area contributed by atoms with Gasteiger partial charge in [0.1, 0.15) is 17.1 Å². The fourth-order valence-corrected chi connectivity index (χ4v) is 4.50. The van der Waals surface area contributed by atoms with Crippen LogP contribution in [0.15, 0.2) is 67.0 Å². The van der Waals surface area contributed by atoms with E-state index >= 15 is 0 Å². The summed E-state index contributed by atoms with van der Waals surface area (Å²) in [4.78, 5) is 19.8. The molecule has 1 amide bonds. The summed E-state index contributed by atoms with van der Waals surface area (Å²) in [5.74, 6) is 1.29. The second-order valence-corrected chi connectivity index (χ2v) is 8.70. The van der Waals surface area contributed by atoms with Crippen molar-refractivity contribution in [2.75, 3.05) is 24.6 Å². The molecule has 1 saturated heterocycles. The highest BCUT2D eigenvalue weighted by molar-refractivity contribution is 5.81. The Morgan fingerprint density at radius 3 is 2.74 bits per heavy atom. The van der Waals surface area contributed by atoms with Gasteiger partial charge in [0.05, 0.1) is 18.2 Å². The first-order chi connectivity index (χ1) is 17.1. The number of benzene rings is 2. The van der Waals surface area contributed by atoms with Crippen LogP contribution in [0.1, 0.15) is 25.3 Å². The largest absolute Gasteiger partial charge is 0.494 e. The van der Waals surface area contributed by atoms with Gasteiger partial charge in [-0.15, -0.1) is 0 Å². The minimum absolute atomic E-state index is 0.0519. The van der Waals surface area contributed by atoms with E-state index in [2.05, 4.69) is 20.3 Å². The Morgan fingerprint density at radius 1 is 1.17 bits per heavy atom. The minimum Gasteiger partial charge on any atom is -0.494 e. The van der Waals surface area contributed by atoms with E-state index in [1.54, 1.807) is 29.0 Å². The zero-order chi connectivity index (χ0) is 24.2. The molecule has 5 rings (SSSR count). The second kappa shape index (κ2) is 10.1. The molecule has 1 atom stereocenters. The maximum Gasteiger partial charge on any atom is 0.225 e. The Balaban J connectivity index is 1.28. The normalized spacial score (nSPS) is 15.8. The molecule has 8 heteroatoms. The van der Waals surface area contributed by atoms with Crippen molar-refractivity contribution in [3.8, 4) is 17.0 Å². The molecule has 2 aromatic carbocycles. The molecule has 180 valence electrons. The Hall–Kier alpha value is -3.94. The smallest absolute Gasteiger partial charge is 0.225 e. The zero-order valence-electron chi connectivity index (χ0n) is 19.7. The number of nitrogens with one attached hydrogen (secondary N) is 1. The van der Waals surface area contributed by atoms with Crippen molar-refractivity contribution >= 4 is 17.2 Å². The molecule has 1 N–H and O–H groups in total. The van der Waals surface area contributed by atoms with Gasteiger partial charge in [-0.05, 0) is 67.8 Å². The number of amides is 1. The SMILES string of the molecule is CCOc1ccc(CNC(=O)[C@@H]2CCCN(c3nccn4nc(-c5ccc(F)cc5)cc34)C2)cc1. The van der Waals surface area contributed by atoms with E-state index in [4.69, 9.17) is 4.74 Å². The lowest BCUT2D eigenvalue weighted by atomic mass is 9.97. The topological polar surface area (TPSA) is 71.8 Å². The van der Waals surface area contributed by atoms with Gasteiger partial charge in [-0.2, -0.15) is 5.10 Å². The van der Waals surface area contributed by atoms with E-state index < -0.39 is 0 Å². The lowest BCUT2D eigenvalue weighted by Gasteiger charge is -2.33. The van der Waals surface area contributed by atoms with Crippen molar-refractivity contribution in [3.05, 3.63) is 78.4 Å². The molecule has 0 aliphatic carbocycles. The van der Waals surface area contributed by atoms with Gasteiger partial charge in [-0.3, -0.25) is 4.79 Å².